The number of anilines is 3. The summed E-state index contributed by atoms with van der Waals surface area (Å²) in [5.41, 5.74) is 0.423. The fourth-order valence-electron chi connectivity index (χ4n) is 4.55. The van der Waals surface area contributed by atoms with E-state index < -0.39 is 0 Å². The van der Waals surface area contributed by atoms with E-state index in [0.717, 1.165) is 36.5 Å². The molecule has 2 aromatic heterocycles. The average Bonchev–Trinajstić information content (AvgIpc) is 3.12. The van der Waals surface area contributed by atoms with Crippen molar-refractivity contribution >= 4 is 17.6 Å². The minimum Gasteiger partial charge on any atom is -0.337 e. The predicted molar refractivity (Wildman–Crippen MR) is 97.3 cm³/mol. The van der Waals surface area contributed by atoms with E-state index in [1.807, 2.05) is 19.3 Å². The van der Waals surface area contributed by atoms with Gasteiger partial charge in [0.05, 0.1) is 0 Å². The van der Waals surface area contributed by atoms with Crippen molar-refractivity contribution in [3.63, 3.8) is 0 Å². The van der Waals surface area contributed by atoms with Crippen molar-refractivity contribution in [2.75, 3.05) is 30.4 Å². The number of fused-ring (bicyclic) bond motifs is 1. The summed E-state index contributed by atoms with van der Waals surface area (Å²) in [6.07, 6.45) is 8.97. The van der Waals surface area contributed by atoms with Crippen LogP contribution in [0.3, 0.4) is 0 Å². The van der Waals surface area contributed by atoms with Gasteiger partial charge in [0.25, 0.3) is 0 Å². The number of imidazole rings is 1. The van der Waals surface area contributed by atoms with Crippen LogP contribution in [-0.4, -0.2) is 45.7 Å². The lowest BCUT2D eigenvalue weighted by Gasteiger charge is -2.36. The van der Waals surface area contributed by atoms with Gasteiger partial charge in [-0.25, -0.2) is 9.97 Å². The molecule has 0 spiro atoms. The lowest BCUT2D eigenvalue weighted by atomic mass is 9.70. The lowest BCUT2D eigenvalue weighted by Crippen LogP contribution is -2.41. The van der Waals surface area contributed by atoms with E-state index in [1.165, 1.54) is 25.7 Å². The van der Waals surface area contributed by atoms with Gasteiger partial charge < -0.3 is 20.1 Å². The summed E-state index contributed by atoms with van der Waals surface area (Å²) < 4.78 is 2.27. The summed E-state index contributed by atoms with van der Waals surface area (Å²) in [6.45, 7) is 4.20. The fourth-order valence-corrected chi connectivity index (χ4v) is 4.55. The second kappa shape index (κ2) is 5.42. The van der Waals surface area contributed by atoms with Crippen molar-refractivity contribution in [2.24, 2.45) is 5.41 Å². The molecule has 132 valence electrons. The summed E-state index contributed by atoms with van der Waals surface area (Å²) in [5, 5.41) is 6.69. The van der Waals surface area contributed by atoms with Crippen LogP contribution in [0.1, 0.15) is 37.5 Å². The van der Waals surface area contributed by atoms with Gasteiger partial charge in [-0.3, -0.25) is 0 Å². The van der Waals surface area contributed by atoms with Crippen LogP contribution in [0.4, 0.5) is 17.6 Å². The van der Waals surface area contributed by atoms with E-state index >= 15 is 0 Å². The average molecular weight is 339 g/mol. The topological polar surface area (TPSA) is 70.9 Å². The van der Waals surface area contributed by atoms with Crippen LogP contribution in [0.25, 0.3) is 0 Å². The SMILES string of the molecule is CNCC12CC(C1)N(c1nccc(Nc3cn(C4CC4)c(C)n3)n1)C2. The maximum Gasteiger partial charge on any atom is 0.227 e. The number of aryl methyl sites for hydroxylation is 1. The van der Waals surface area contributed by atoms with Gasteiger partial charge in [0, 0.05) is 43.0 Å². The lowest BCUT2D eigenvalue weighted by molar-refractivity contribution is 0.196. The molecule has 0 unspecified atom stereocenters. The minimum atomic E-state index is 0.423. The van der Waals surface area contributed by atoms with Crippen molar-refractivity contribution in [1.29, 1.82) is 0 Å². The fraction of sp³-hybridized carbons (Fsp3) is 0.611. The molecule has 6 rings (SSSR count). The highest BCUT2D eigenvalue weighted by Gasteiger charge is 2.55. The number of rotatable bonds is 6. The van der Waals surface area contributed by atoms with Crippen LogP contribution in [-0.2, 0) is 0 Å². The minimum absolute atomic E-state index is 0.423. The number of nitrogens with zero attached hydrogens (tertiary/aromatic N) is 5. The van der Waals surface area contributed by atoms with Crippen molar-refractivity contribution in [3.8, 4) is 0 Å². The highest BCUT2D eigenvalue weighted by molar-refractivity contribution is 5.54. The van der Waals surface area contributed by atoms with Gasteiger partial charge in [-0.15, -0.1) is 0 Å². The molecule has 0 aromatic carbocycles. The maximum atomic E-state index is 4.75. The van der Waals surface area contributed by atoms with Crippen LogP contribution >= 0.6 is 0 Å². The van der Waals surface area contributed by atoms with Crippen molar-refractivity contribution in [2.45, 2.75) is 44.7 Å². The molecular formula is C18H25N7. The Bertz CT molecular complexity index is 788. The first-order valence-electron chi connectivity index (χ1n) is 9.23. The smallest absolute Gasteiger partial charge is 0.227 e. The Hall–Kier alpha value is -2.15. The third-order valence-corrected chi connectivity index (χ3v) is 5.85. The maximum absolute atomic E-state index is 4.75. The molecule has 7 heteroatoms. The van der Waals surface area contributed by atoms with E-state index in [4.69, 9.17) is 4.98 Å². The van der Waals surface area contributed by atoms with Crippen LogP contribution in [0.5, 0.6) is 0 Å². The van der Waals surface area contributed by atoms with Gasteiger partial charge in [0.1, 0.15) is 17.5 Å². The molecule has 0 atom stereocenters. The molecule has 0 radical (unpaired) electrons. The van der Waals surface area contributed by atoms with E-state index in [0.29, 0.717) is 17.5 Å². The Kier molecular flexibility index (Phi) is 3.28. The Morgan fingerprint density at radius 2 is 2.04 bits per heavy atom. The standard InChI is InChI=1S/C18H25N7/c1-12-21-16(9-24(12)13-3-4-13)22-15-5-6-20-17(23-15)25-11-18(10-19-2)7-14(25)8-18/h5-6,9,13-14,19H,3-4,7-8,10-11H2,1-2H3,(H,20,22,23). The van der Waals surface area contributed by atoms with Gasteiger partial charge in [-0.05, 0) is 45.7 Å². The zero-order chi connectivity index (χ0) is 17.0. The third kappa shape index (κ3) is 2.57. The molecule has 4 fully saturated rings. The van der Waals surface area contributed by atoms with E-state index in [2.05, 4.69) is 43.2 Å². The quantitative estimate of drug-likeness (QED) is 0.841. The van der Waals surface area contributed by atoms with Crippen LogP contribution in [0.2, 0.25) is 0 Å². The van der Waals surface area contributed by atoms with Gasteiger partial charge in [-0.1, -0.05) is 0 Å². The van der Waals surface area contributed by atoms with Gasteiger partial charge in [0.15, 0.2) is 0 Å². The van der Waals surface area contributed by atoms with Gasteiger partial charge in [-0.2, -0.15) is 4.98 Å². The summed E-state index contributed by atoms with van der Waals surface area (Å²) in [5.74, 6) is 3.58. The first-order valence-corrected chi connectivity index (χ1v) is 9.23. The molecule has 0 amide bonds. The predicted octanol–water partition coefficient (Wildman–Crippen LogP) is 2.25. The zero-order valence-electron chi connectivity index (χ0n) is 14.9. The summed E-state index contributed by atoms with van der Waals surface area (Å²) >= 11 is 0. The summed E-state index contributed by atoms with van der Waals surface area (Å²) in [4.78, 5) is 16.3. The van der Waals surface area contributed by atoms with Crippen LogP contribution in [0.15, 0.2) is 18.5 Å². The molecule has 2 aliphatic heterocycles. The Balaban J connectivity index is 1.33. The molecule has 25 heavy (non-hydrogen) atoms. The van der Waals surface area contributed by atoms with Crippen molar-refractivity contribution in [1.82, 2.24) is 24.8 Å². The number of hydrogen-bond donors (Lipinski definition) is 2. The first-order chi connectivity index (χ1) is 12.2. The van der Waals surface area contributed by atoms with E-state index in [-0.39, 0.29) is 0 Å². The number of nitrogens with one attached hydrogen (secondary N) is 2. The molecule has 2 aliphatic carbocycles. The summed E-state index contributed by atoms with van der Waals surface area (Å²) in [7, 11) is 2.04. The van der Waals surface area contributed by atoms with Crippen LogP contribution < -0.4 is 15.5 Å². The number of hydrogen-bond acceptors (Lipinski definition) is 6. The molecule has 7 nitrogen and oxygen atoms in total. The monoisotopic (exact) mass is 339 g/mol. The first kappa shape index (κ1) is 15.1. The van der Waals surface area contributed by atoms with Gasteiger partial charge >= 0.3 is 0 Å². The highest BCUT2D eigenvalue weighted by Crippen LogP contribution is 2.52. The highest BCUT2D eigenvalue weighted by atomic mass is 15.3. The molecule has 2 bridgehead atoms. The zero-order valence-corrected chi connectivity index (χ0v) is 14.9. The second-order valence-electron chi connectivity index (χ2n) is 7.90. The van der Waals surface area contributed by atoms with E-state index in [1.54, 1.807) is 0 Å². The molecular weight excluding hydrogens is 314 g/mol. The number of aromatic nitrogens is 4. The van der Waals surface area contributed by atoms with Gasteiger partial charge in [0.2, 0.25) is 5.95 Å². The molecule has 4 heterocycles. The van der Waals surface area contributed by atoms with Crippen molar-refractivity contribution < 1.29 is 0 Å². The second-order valence-corrected chi connectivity index (χ2v) is 7.90. The third-order valence-electron chi connectivity index (χ3n) is 5.85. The largest absolute Gasteiger partial charge is 0.337 e. The molecule has 2 saturated heterocycles. The normalized spacial score (nSPS) is 27.4. The molecule has 4 aliphatic rings. The Morgan fingerprint density at radius 1 is 1.20 bits per heavy atom. The summed E-state index contributed by atoms with van der Waals surface area (Å²) in [6, 6.07) is 3.16. The molecule has 2 N–H and O–H groups in total. The van der Waals surface area contributed by atoms with E-state index in [9.17, 15) is 0 Å². The molecule has 2 aromatic rings. The molecule has 2 saturated carbocycles. The Morgan fingerprint density at radius 3 is 2.80 bits per heavy atom. The van der Waals surface area contributed by atoms with Crippen LogP contribution in [0, 0.1) is 12.3 Å². The Labute approximate surface area is 147 Å². The van der Waals surface area contributed by atoms with Crippen molar-refractivity contribution in [3.05, 3.63) is 24.3 Å².